The van der Waals surface area contributed by atoms with Crippen LogP contribution in [-0.2, 0) is 11.8 Å². The molecule has 1 aliphatic rings. The fourth-order valence-electron chi connectivity index (χ4n) is 3.91. The monoisotopic (exact) mass is 387 g/mol. The number of rotatable bonds is 4. The van der Waals surface area contributed by atoms with Crippen LogP contribution in [0.25, 0.3) is 16.6 Å². The van der Waals surface area contributed by atoms with Gasteiger partial charge in [-0.05, 0) is 53.6 Å². The van der Waals surface area contributed by atoms with Gasteiger partial charge in [0, 0.05) is 30.9 Å². The molecular weight excluding hydrogens is 358 g/mol. The van der Waals surface area contributed by atoms with Crippen molar-refractivity contribution in [3.63, 3.8) is 0 Å². The van der Waals surface area contributed by atoms with Crippen LogP contribution in [-0.4, -0.2) is 28.5 Å². The van der Waals surface area contributed by atoms with E-state index in [1.807, 2.05) is 18.3 Å². The van der Waals surface area contributed by atoms with Gasteiger partial charge in [0.1, 0.15) is 0 Å². The van der Waals surface area contributed by atoms with E-state index in [-0.39, 0.29) is 11.3 Å². The highest BCUT2D eigenvalue weighted by molar-refractivity contribution is 5.97. The standard InChI is InChI=1S/C25H29N3O/c1-25(2,3)20-9-6-18(7-10-20)8-11-23(29)28-17-21(19-12-15-26-16-13-19)24-22(28)5-4-14-27-24/h4-7,9-10,12,14,17,26H,8,11,13,15-16H2,1-3H3. The summed E-state index contributed by atoms with van der Waals surface area (Å²) in [7, 11) is 0. The first-order chi connectivity index (χ1) is 13.9. The highest BCUT2D eigenvalue weighted by atomic mass is 16.2. The second-order valence-corrected chi connectivity index (χ2v) is 8.81. The summed E-state index contributed by atoms with van der Waals surface area (Å²) < 4.78 is 1.80. The molecule has 0 aliphatic carbocycles. The van der Waals surface area contributed by atoms with Crippen LogP contribution in [0.2, 0.25) is 0 Å². The largest absolute Gasteiger partial charge is 0.313 e. The molecule has 0 spiro atoms. The van der Waals surface area contributed by atoms with Crippen LogP contribution < -0.4 is 5.32 Å². The van der Waals surface area contributed by atoms with E-state index in [2.05, 4.69) is 61.4 Å². The first-order valence-electron chi connectivity index (χ1n) is 10.4. The summed E-state index contributed by atoms with van der Waals surface area (Å²) in [6, 6.07) is 12.5. The summed E-state index contributed by atoms with van der Waals surface area (Å²) in [5, 5.41) is 3.34. The van der Waals surface area contributed by atoms with Crippen molar-refractivity contribution >= 4 is 22.5 Å². The number of fused-ring (bicyclic) bond motifs is 1. The van der Waals surface area contributed by atoms with Gasteiger partial charge in [-0.1, -0.05) is 51.1 Å². The summed E-state index contributed by atoms with van der Waals surface area (Å²) >= 11 is 0. The maximum Gasteiger partial charge on any atom is 0.231 e. The van der Waals surface area contributed by atoms with Gasteiger partial charge in [0.05, 0.1) is 11.0 Å². The Bertz CT molecular complexity index is 1050. The van der Waals surface area contributed by atoms with Crippen molar-refractivity contribution in [3.8, 4) is 0 Å². The van der Waals surface area contributed by atoms with Crippen LogP contribution in [0.15, 0.2) is 54.9 Å². The molecule has 0 radical (unpaired) electrons. The van der Waals surface area contributed by atoms with Crippen molar-refractivity contribution in [2.45, 2.75) is 45.4 Å². The minimum atomic E-state index is 0.115. The molecule has 4 rings (SSSR count). The molecule has 0 saturated carbocycles. The second kappa shape index (κ2) is 7.96. The lowest BCUT2D eigenvalue weighted by Crippen LogP contribution is -2.20. The molecule has 2 aromatic heterocycles. The van der Waals surface area contributed by atoms with Gasteiger partial charge in [0.15, 0.2) is 0 Å². The lowest BCUT2D eigenvalue weighted by molar-refractivity contribution is 0.0908. The normalized spacial score (nSPS) is 14.8. The SMILES string of the molecule is CC(C)(C)c1ccc(CCC(=O)n2cc(C3=CCNCC3)c3ncccc32)cc1. The Balaban J connectivity index is 1.55. The number of aromatic nitrogens is 2. The molecule has 29 heavy (non-hydrogen) atoms. The number of aryl methyl sites for hydroxylation is 1. The predicted molar refractivity (Wildman–Crippen MR) is 119 cm³/mol. The molecule has 3 aromatic rings. The summed E-state index contributed by atoms with van der Waals surface area (Å²) in [5.41, 5.74) is 6.84. The molecule has 150 valence electrons. The molecular formula is C25H29N3O. The number of nitrogens with zero attached hydrogens (tertiary/aromatic N) is 2. The summed E-state index contributed by atoms with van der Waals surface area (Å²) in [6.45, 7) is 8.47. The Morgan fingerprint density at radius 2 is 1.97 bits per heavy atom. The van der Waals surface area contributed by atoms with Crippen molar-refractivity contribution in [2.24, 2.45) is 0 Å². The van der Waals surface area contributed by atoms with Crippen molar-refractivity contribution in [2.75, 3.05) is 13.1 Å². The van der Waals surface area contributed by atoms with Gasteiger partial charge in [0.25, 0.3) is 0 Å². The zero-order valence-corrected chi connectivity index (χ0v) is 17.5. The van der Waals surface area contributed by atoms with Crippen molar-refractivity contribution in [1.82, 2.24) is 14.9 Å². The van der Waals surface area contributed by atoms with Gasteiger partial charge < -0.3 is 5.32 Å². The molecule has 4 nitrogen and oxygen atoms in total. The molecule has 0 bridgehead atoms. The van der Waals surface area contributed by atoms with E-state index in [9.17, 15) is 4.79 Å². The first kappa shape index (κ1) is 19.6. The molecule has 4 heteroatoms. The molecule has 0 atom stereocenters. The maximum absolute atomic E-state index is 13.1. The lowest BCUT2D eigenvalue weighted by atomic mass is 9.86. The van der Waals surface area contributed by atoms with E-state index in [0.717, 1.165) is 42.5 Å². The van der Waals surface area contributed by atoms with Crippen LogP contribution in [0, 0.1) is 0 Å². The molecule has 3 heterocycles. The van der Waals surface area contributed by atoms with Crippen molar-refractivity contribution in [1.29, 1.82) is 0 Å². The minimum absolute atomic E-state index is 0.115. The quantitative estimate of drug-likeness (QED) is 0.686. The van der Waals surface area contributed by atoms with Gasteiger partial charge >= 0.3 is 0 Å². The number of carbonyl (C=O) groups excluding carboxylic acids is 1. The van der Waals surface area contributed by atoms with Crippen LogP contribution in [0.5, 0.6) is 0 Å². The third-order valence-electron chi connectivity index (χ3n) is 5.69. The number of hydrogen-bond donors (Lipinski definition) is 1. The van der Waals surface area contributed by atoms with E-state index >= 15 is 0 Å². The molecule has 0 unspecified atom stereocenters. The van der Waals surface area contributed by atoms with Crippen LogP contribution >= 0.6 is 0 Å². The van der Waals surface area contributed by atoms with E-state index in [0.29, 0.717) is 6.42 Å². The maximum atomic E-state index is 13.1. The van der Waals surface area contributed by atoms with Crippen molar-refractivity contribution in [3.05, 3.63) is 71.6 Å². The van der Waals surface area contributed by atoms with E-state index in [4.69, 9.17) is 0 Å². The average Bonchev–Trinajstić information content (AvgIpc) is 3.12. The zero-order valence-electron chi connectivity index (χ0n) is 17.5. The summed E-state index contributed by atoms with van der Waals surface area (Å²) in [6.07, 6.45) is 8.18. The molecule has 0 amide bonds. The zero-order chi connectivity index (χ0) is 20.4. The molecule has 1 N–H and O–H groups in total. The minimum Gasteiger partial charge on any atom is -0.313 e. The third kappa shape index (κ3) is 4.18. The average molecular weight is 388 g/mol. The topological polar surface area (TPSA) is 46.9 Å². The Labute approximate surface area is 172 Å². The number of pyridine rings is 1. The Morgan fingerprint density at radius 3 is 2.66 bits per heavy atom. The van der Waals surface area contributed by atoms with Crippen LogP contribution in [0.3, 0.4) is 0 Å². The van der Waals surface area contributed by atoms with Crippen LogP contribution in [0.1, 0.15) is 55.1 Å². The molecule has 0 saturated heterocycles. The van der Waals surface area contributed by atoms with E-state index in [1.54, 1.807) is 10.8 Å². The number of hydrogen-bond acceptors (Lipinski definition) is 3. The van der Waals surface area contributed by atoms with Gasteiger partial charge in [-0.15, -0.1) is 0 Å². The number of carbonyl (C=O) groups is 1. The summed E-state index contributed by atoms with van der Waals surface area (Å²) in [4.78, 5) is 17.6. The van der Waals surface area contributed by atoms with Crippen LogP contribution in [0.4, 0.5) is 0 Å². The van der Waals surface area contributed by atoms with E-state index in [1.165, 1.54) is 16.7 Å². The predicted octanol–water partition coefficient (Wildman–Crippen LogP) is 4.98. The molecule has 1 aromatic carbocycles. The number of benzene rings is 1. The number of nitrogens with one attached hydrogen (secondary N) is 1. The highest BCUT2D eigenvalue weighted by Crippen LogP contribution is 2.29. The fraction of sp³-hybridized carbons (Fsp3) is 0.360. The smallest absolute Gasteiger partial charge is 0.231 e. The first-order valence-corrected chi connectivity index (χ1v) is 10.4. The van der Waals surface area contributed by atoms with Crippen molar-refractivity contribution < 1.29 is 4.79 Å². The van der Waals surface area contributed by atoms with Gasteiger partial charge in [0.2, 0.25) is 5.91 Å². The molecule has 0 fully saturated rings. The fourth-order valence-corrected chi connectivity index (χ4v) is 3.91. The van der Waals surface area contributed by atoms with Gasteiger partial charge in [-0.25, -0.2) is 0 Å². The van der Waals surface area contributed by atoms with Gasteiger partial charge in [-0.2, -0.15) is 0 Å². The Morgan fingerprint density at radius 1 is 1.17 bits per heavy atom. The van der Waals surface area contributed by atoms with Gasteiger partial charge in [-0.3, -0.25) is 14.3 Å². The lowest BCUT2D eigenvalue weighted by Gasteiger charge is -2.19. The molecule has 1 aliphatic heterocycles. The summed E-state index contributed by atoms with van der Waals surface area (Å²) in [5.74, 6) is 0.115. The third-order valence-corrected chi connectivity index (χ3v) is 5.69. The van der Waals surface area contributed by atoms with E-state index < -0.39 is 0 Å². The second-order valence-electron chi connectivity index (χ2n) is 8.81. The Kier molecular flexibility index (Phi) is 5.37. The Hall–Kier alpha value is -2.72. The highest BCUT2D eigenvalue weighted by Gasteiger charge is 2.18.